The van der Waals surface area contributed by atoms with Crippen molar-refractivity contribution >= 4 is 0 Å². The number of rotatable bonds is 1. The van der Waals surface area contributed by atoms with Gasteiger partial charge in [-0.15, -0.1) is 0 Å². The highest BCUT2D eigenvalue weighted by Gasteiger charge is 2.38. The summed E-state index contributed by atoms with van der Waals surface area (Å²) < 4.78 is 0. The van der Waals surface area contributed by atoms with Gasteiger partial charge < -0.3 is 0 Å². The minimum atomic E-state index is 0.304. The van der Waals surface area contributed by atoms with Crippen molar-refractivity contribution < 1.29 is 0 Å². The van der Waals surface area contributed by atoms with E-state index in [4.69, 9.17) is 0 Å². The lowest BCUT2D eigenvalue weighted by atomic mass is 9.76. The normalized spacial score (nSPS) is 30.2. The highest BCUT2D eigenvalue weighted by atomic mass is 15.2. The summed E-state index contributed by atoms with van der Waals surface area (Å²) in [5.41, 5.74) is 1.77. The molecular weight excluding hydrogens is 194 g/mol. The molecule has 1 heterocycles. The summed E-state index contributed by atoms with van der Waals surface area (Å²) in [7, 11) is 2.27. The van der Waals surface area contributed by atoms with E-state index < -0.39 is 0 Å². The van der Waals surface area contributed by atoms with Gasteiger partial charge in [-0.3, -0.25) is 4.90 Å². The van der Waals surface area contributed by atoms with Crippen molar-refractivity contribution in [2.45, 2.75) is 45.2 Å². The molecule has 1 aliphatic heterocycles. The standard InChI is InChI=1S/C15H23N/c1-12-10-11-14(16(4)15(12,2)3)13-8-6-5-7-9-13/h5-9,12,14H,10-11H2,1-4H3. The predicted octanol–water partition coefficient (Wildman–Crippen LogP) is 3.87. The third kappa shape index (κ3) is 1.89. The molecule has 0 saturated carbocycles. The van der Waals surface area contributed by atoms with E-state index in [0.29, 0.717) is 11.6 Å². The maximum absolute atomic E-state index is 2.55. The van der Waals surface area contributed by atoms with E-state index in [2.05, 4.69) is 63.1 Å². The molecule has 0 aliphatic carbocycles. The fourth-order valence-corrected chi connectivity index (χ4v) is 2.77. The second-order valence-corrected chi connectivity index (χ2v) is 5.67. The molecule has 1 aromatic rings. The lowest BCUT2D eigenvalue weighted by Gasteiger charge is -2.50. The van der Waals surface area contributed by atoms with Crippen LogP contribution in [-0.4, -0.2) is 17.5 Å². The zero-order chi connectivity index (χ0) is 11.8. The van der Waals surface area contributed by atoms with Gasteiger partial charge in [0, 0.05) is 11.6 Å². The van der Waals surface area contributed by atoms with Crippen molar-refractivity contribution in [1.82, 2.24) is 4.90 Å². The third-order valence-electron chi connectivity index (χ3n) is 4.64. The highest BCUT2D eigenvalue weighted by molar-refractivity contribution is 5.20. The second-order valence-electron chi connectivity index (χ2n) is 5.67. The molecule has 0 amide bonds. The van der Waals surface area contributed by atoms with Crippen molar-refractivity contribution in [2.24, 2.45) is 5.92 Å². The summed E-state index contributed by atoms with van der Waals surface area (Å²) in [4.78, 5) is 2.55. The van der Waals surface area contributed by atoms with E-state index >= 15 is 0 Å². The van der Waals surface area contributed by atoms with Gasteiger partial charge >= 0.3 is 0 Å². The molecule has 2 atom stereocenters. The van der Waals surface area contributed by atoms with E-state index in [-0.39, 0.29) is 0 Å². The molecule has 1 aromatic carbocycles. The molecule has 0 bridgehead atoms. The molecule has 0 spiro atoms. The SMILES string of the molecule is CC1CCC(c2ccccc2)N(C)C1(C)C. The summed E-state index contributed by atoms with van der Waals surface area (Å²) in [6, 6.07) is 11.5. The fourth-order valence-electron chi connectivity index (χ4n) is 2.77. The number of nitrogens with zero attached hydrogens (tertiary/aromatic N) is 1. The predicted molar refractivity (Wildman–Crippen MR) is 69.4 cm³/mol. The average Bonchev–Trinajstić information content (AvgIpc) is 2.28. The summed E-state index contributed by atoms with van der Waals surface area (Å²) in [6.45, 7) is 7.11. The van der Waals surface area contributed by atoms with Crippen LogP contribution in [0.3, 0.4) is 0 Å². The Morgan fingerprint density at radius 1 is 1.12 bits per heavy atom. The number of likely N-dealkylation sites (tertiary alicyclic amines) is 1. The van der Waals surface area contributed by atoms with Crippen LogP contribution in [0.1, 0.15) is 45.2 Å². The summed E-state index contributed by atoms with van der Waals surface area (Å²) in [6.07, 6.45) is 2.61. The van der Waals surface area contributed by atoms with Crippen molar-refractivity contribution in [3.63, 3.8) is 0 Å². The quantitative estimate of drug-likeness (QED) is 0.690. The molecule has 1 aliphatic rings. The zero-order valence-electron chi connectivity index (χ0n) is 10.9. The molecule has 2 unspecified atom stereocenters. The van der Waals surface area contributed by atoms with Crippen LogP contribution in [0.4, 0.5) is 0 Å². The molecule has 1 nitrogen and oxygen atoms in total. The van der Waals surface area contributed by atoms with Gasteiger partial charge in [0.1, 0.15) is 0 Å². The van der Waals surface area contributed by atoms with Crippen molar-refractivity contribution in [1.29, 1.82) is 0 Å². The fraction of sp³-hybridized carbons (Fsp3) is 0.600. The molecule has 1 fully saturated rings. The first kappa shape index (κ1) is 11.7. The van der Waals surface area contributed by atoms with Crippen molar-refractivity contribution in [3.05, 3.63) is 35.9 Å². The Hall–Kier alpha value is -0.820. The van der Waals surface area contributed by atoms with Crippen LogP contribution in [0.2, 0.25) is 0 Å². The first-order valence-corrected chi connectivity index (χ1v) is 6.31. The maximum Gasteiger partial charge on any atom is 0.0350 e. The van der Waals surface area contributed by atoms with E-state index in [0.717, 1.165) is 5.92 Å². The molecule has 1 heteroatoms. The first-order valence-electron chi connectivity index (χ1n) is 6.31. The largest absolute Gasteiger partial charge is 0.294 e. The third-order valence-corrected chi connectivity index (χ3v) is 4.64. The van der Waals surface area contributed by atoms with E-state index in [1.54, 1.807) is 0 Å². The minimum absolute atomic E-state index is 0.304. The van der Waals surface area contributed by atoms with Gasteiger partial charge in [0.25, 0.3) is 0 Å². The molecule has 88 valence electrons. The summed E-state index contributed by atoms with van der Waals surface area (Å²) >= 11 is 0. The molecule has 0 N–H and O–H groups in total. The average molecular weight is 217 g/mol. The van der Waals surface area contributed by atoms with Gasteiger partial charge in [-0.05, 0) is 45.2 Å². The van der Waals surface area contributed by atoms with E-state index in [9.17, 15) is 0 Å². The number of benzene rings is 1. The van der Waals surface area contributed by atoms with Crippen molar-refractivity contribution in [2.75, 3.05) is 7.05 Å². The maximum atomic E-state index is 2.55. The van der Waals surface area contributed by atoms with Gasteiger partial charge in [0.2, 0.25) is 0 Å². The Balaban J connectivity index is 2.25. The van der Waals surface area contributed by atoms with Crippen LogP contribution >= 0.6 is 0 Å². The Morgan fingerprint density at radius 3 is 2.38 bits per heavy atom. The van der Waals surface area contributed by atoms with Crippen LogP contribution in [0.25, 0.3) is 0 Å². The molecule has 0 aromatic heterocycles. The van der Waals surface area contributed by atoms with Gasteiger partial charge in [-0.1, -0.05) is 37.3 Å². The van der Waals surface area contributed by atoms with Crippen LogP contribution < -0.4 is 0 Å². The second kappa shape index (κ2) is 4.21. The van der Waals surface area contributed by atoms with Crippen LogP contribution in [0.15, 0.2) is 30.3 Å². The van der Waals surface area contributed by atoms with E-state index in [1.165, 1.54) is 18.4 Å². The van der Waals surface area contributed by atoms with Gasteiger partial charge in [0.15, 0.2) is 0 Å². The minimum Gasteiger partial charge on any atom is -0.294 e. The number of piperidine rings is 1. The molecular formula is C15H23N. The number of hydrogen-bond acceptors (Lipinski definition) is 1. The van der Waals surface area contributed by atoms with Gasteiger partial charge in [-0.25, -0.2) is 0 Å². The van der Waals surface area contributed by atoms with Gasteiger partial charge in [0.05, 0.1) is 0 Å². The summed E-state index contributed by atoms with van der Waals surface area (Å²) in [5.74, 6) is 0.775. The molecule has 2 rings (SSSR count). The van der Waals surface area contributed by atoms with Crippen LogP contribution in [-0.2, 0) is 0 Å². The smallest absolute Gasteiger partial charge is 0.0350 e. The van der Waals surface area contributed by atoms with Crippen LogP contribution in [0.5, 0.6) is 0 Å². The van der Waals surface area contributed by atoms with E-state index in [1.807, 2.05) is 0 Å². The molecule has 0 radical (unpaired) electrons. The van der Waals surface area contributed by atoms with Crippen LogP contribution in [0, 0.1) is 5.92 Å². The Bertz CT molecular complexity index is 342. The zero-order valence-corrected chi connectivity index (χ0v) is 10.9. The Labute approximate surface area is 99.5 Å². The highest BCUT2D eigenvalue weighted by Crippen LogP contribution is 2.41. The Kier molecular flexibility index (Phi) is 3.07. The van der Waals surface area contributed by atoms with Gasteiger partial charge in [-0.2, -0.15) is 0 Å². The lowest BCUT2D eigenvalue weighted by Crippen LogP contribution is -2.51. The summed E-state index contributed by atoms with van der Waals surface area (Å²) in [5, 5.41) is 0. The topological polar surface area (TPSA) is 3.24 Å². The molecule has 16 heavy (non-hydrogen) atoms. The molecule has 1 saturated heterocycles. The first-order chi connectivity index (χ1) is 7.53. The number of hydrogen-bond donors (Lipinski definition) is 0. The van der Waals surface area contributed by atoms with Crippen molar-refractivity contribution in [3.8, 4) is 0 Å². The monoisotopic (exact) mass is 217 g/mol. The Morgan fingerprint density at radius 2 is 1.75 bits per heavy atom. The lowest BCUT2D eigenvalue weighted by molar-refractivity contribution is 0.00602.